The first-order valence-corrected chi connectivity index (χ1v) is 9.37. The van der Waals surface area contributed by atoms with Gasteiger partial charge in [0, 0.05) is 14.2 Å². The minimum atomic E-state index is 0.491. The van der Waals surface area contributed by atoms with Crippen molar-refractivity contribution in [1.82, 2.24) is 0 Å². The second-order valence-electron chi connectivity index (χ2n) is 6.08. The molecule has 0 radical (unpaired) electrons. The van der Waals surface area contributed by atoms with Gasteiger partial charge in [0.25, 0.3) is 0 Å². The summed E-state index contributed by atoms with van der Waals surface area (Å²) in [6, 6.07) is 2.32. The third-order valence-corrected chi connectivity index (χ3v) is 8.05. The van der Waals surface area contributed by atoms with E-state index in [1.165, 1.54) is 46.3 Å². The SMILES string of the molecule is Cc1sc(C(Br)C2(CC(C)C)CCCC2)cc1Br. The van der Waals surface area contributed by atoms with Crippen molar-refractivity contribution in [1.29, 1.82) is 0 Å². The summed E-state index contributed by atoms with van der Waals surface area (Å²) in [7, 11) is 0. The number of hydrogen-bond donors (Lipinski definition) is 0. The quantitative estimate of drug-likeness (QED) is 0.490. The summed E-state index contributed by atoms with van der Waals surface area (Å²) in [4.78, 5) is 3.43. The van der Waals surface area contributed by atoms with Crippen molar-refractivity contribution in [3.8, 4) is 0 Å². The molecule has 1 aromatic rings. The van der Waals surface area contributed by atoms with Gasteiger partial charge in [-0.25, -0.2) is 0 Å². The molecule has 102 valence electrons. The molecule has 2 rings (SSSR count). The van der Waals surface area contributed by atoms with Crippen LogP contribution in [0.2, 0.25) is 0 Å². The Morgan fingerprint density at radius 3 is 2.39 bits per heavy atom. The molecule has 1 aliphatic carbocycles. The highest BCUT2D eigenvalue weighted by Gasteiger charge is 2.41. The summed E-state index contributed by atoms with van der Waals surface area (Å²) < 4.78 is 1.27. The highest BCUT2D eigenvalue weighted by molar-refractivity contribution is 9.10. The van der Waals surface area contributed by atoms with Gasteiger partial charge in [-0.3, -0.25) is 0 Å². The van der Waals surface area contributed by atoms with Crippen LogP contribution in [0.4, 0.5) is 0 Å². The van der Waals surface area contributed by atoms with Crippen LogP contribution in [0.5, 0.6) is 0 Å². The molecular formula is C15H22Br2S. The van der Waals surface area contributed by atoms with Crippen LogP contribution < -0.4 is 0 Å². The molecule has 1 saturated carbocycles. The normalized spacial score (nSPS) is 20.6. The third-order valence-electron chi connectivity index (χ3n) is 4.08. The Kier molecular flexibility index (Phi) is 4.99. The van der Waals surface area contributed by atoms with Gasteiger partial charge < -0.3 is 0 Å². The molecule has 0 amide bonds. The standard InChI is InChI=1S/C15H22Br2S/c1-10(2)9-15(6-4-5-7-15)14(17)13-8-12(16)11(3)18-13/h8,10,14H,4-7,9H2,1-3H3. The Balaban J connectivity index is 2.25. The molecule has 1 heterocycles. The van der Waals surface area contributed by atoms with Gasteiger partial charge in [-0.2, -0.15) is 0 Å². The maximum absolute atomic E-state index is 4.04. The van der Waals surface area contributed by atoms with Crippen LogP contribution in [-0.2, 0) is 0 Å². The molecule has 1 unspecified atom stereocenters. The summed E-state index contributed by atoms with van der Waals surface area (Å²) in [5.74, 6) is 0.785. The number of alkyl halides is 1. The molecule has 1 aliphatic rings. The lowest BCUT2D eigenvalue weighted by Gasteiger charge is -2.35. The highest BCUT2D eigenvalue weighted by atomic mass is 79.9. The summed E-state index contributed by atoms with van der Waals surface area (Å²) in [5, 5.41) is 0. The van der Waals surface area contributed by atoms with E-state index in [9.17, 15) is 0 Å². The molecule has 0 aromatic carbocycles. The minimum Gasteiger partial charge on any atom is -0.143 e. The van der Waals surface area contributed by atoms with Crippen molar-refractivity contribution in [3.05, 3.63) is 20.3 Å². The van der Waals surface area contributed by atoms with E-state index in [1.807, 2.05) is 11.3 Å². The molecular weight excluding hydrogens is 372 g/mol. The molecule has 3 heteroatoms. The summed E-state index contributed by atoms with van der Waals surface area (Å²) in [6.45, 7) is 6.91. The Morgan fingerprint density at radius 1 is 1.33 bits per heavy atom. The maximum atomic E-state index is 4.04. The number of aryl methyl sites for hydroxylation is 1. The fourth-order valence-electron chi connectivity index (χ4n) is 3.36. The first-order valence-electron chi connectivity index (χ1n) is 6.84. The van der Waals surface area contributed by atoms with E-state index in [0.717, 1.165) is 5.92 Å². The third kappa shape index (κ3) is 3.04. The average Bonchev–Trinajstić information content (AvgIpc) is 2.86. The molecule has 0 aliphatic heterocycles. The largest absolute Gasteiger partial charge is 0.143 e. The second-order valence-corrected chi connectivity index (χ2v) is 9.14. The lowest BCUT2D eigenvalue weighted by atomic mass is 9.75. The highest BCUT2D eigenvalue weighted by Crippen LogP contribution is 2.56. The zero-order chi connectivity index (χ0) is 13.3. The topological polar surface area (TPSA) is 0 Å². The van der Waals surface area contributed by atoms with E-state index < -0.39 is 0 Å². The molecule has 0 saturated heterocycles. The van der Waals surface area contributed by atoms with Crippen LogP contribution in [0.15, 0.2) is 10.5 Å². The van der Waals surface area contributed by atoms with Gasteiger partial charge in [-0.15, -0.1) is 11.3 Å². The Morgan fingerprint density at radius 2 is 1.94 bits per heavy atom. The van der Waals surface area contributed by atoms with Crippen molar-refractivity contribution in [2.45, 2.75) is 57.7 Å². The zero-order valence-corrected chi connectivity index (χ0v) is 15.4. The number of halogens is 2. The van der Waals surface area contributed by atoms with Gasteiger partial charge in [0.15, 0.2) is 0 Å². The van der Waals surface area contributed by atoms with Crippen molar-refractivity contribution >= 4 is 43.2 Å². The van der Waals surface area contributed by atoms with Crippen molar-refractivity contribution in [2.75, 3.05) is 0 Å². The van der Waals surface area contributed by atoms with E-state index in [4.69, 9.17) is 0 Å². The summed E-state index contributed by atoms with van der Waals surface area (Å²) in [5.41, 5.74) is 0.491. The van der Waals surface area contributed by atoms with Crippen molar-refractivity contribution in [2.24, 2.45) is 11.3 Å². The molecule has 0 bridgehead atoms. The van der Waals surface area contributed by atoms with Crippen LogP contribution in [0.25, 0.3) is 0 Å². The van der Waals surface area contributed by atoms with Crippen molar-refractivity contribution in [3.63, 3.8) is 0 Å². The van der Waals surface area contributed by atoms with Gasteiger partial charge in [-0.1, -0.05) is 42.6 Å². The maximum Gasteiger partial charge on any atom is 0.0545 e. The Bertz CT molecular complexity index is 383. The van der Waals surface area contributed by atoms with Crippen LogP contribution in [0.1, 0.15) is 60.5 Å². The number of thiophene rings is 1. The molecule has 1 fully saturated rings. The Hall–Kier alpha value is 0.660. The first kappa shape index (κ1) is 15.1. The fraction of sp³-hybridized carbons (Fsp3) is 0.733. The van der Waals surface area contributed by atoms with E-state index >= 15 is 0 Å². The van der Waals surface area contributed by atoms with Gasteiger partial charge in [-0.05, 0) is 59.5 Å². The van der Waals surface area contributed by atoms with E-state index in [1.54, 1.807) is 0 Å². The Labute approximate surface area is 132 Å². The average molecular weight is 394 g/mol. The molecule has 0 nitrogen and oxygen atoms in total. The molecule has 0 spiro atoms. The number of hydrogen-bond acceptors (Lipinski definition) is 1. The van der Waals surface area contributed by atoms with Gasteiger partial charge >= 0.3 is 0 Å². The summed E-state index contributed by atoms with van der Waals surface area (Å²) in [6.07, 6.45) is 6.92. The van der Waals surface area contributed by atoms with E-state index in [-0.39, 0.29) is 0 Å². The second kappa shape index (κ2) is 5.97. The predicted molar refractivity (Wildman–Crippen MR) is 88.8 cm³/mol. The number of rotatable bonds is 4. The van der Waals surface area contributed by atoms with E-state index in [0.29, 0.717) is 10.2 Å². The van der Waals surface area contributed by atoms with Crippen LogP contribution in [0, 0.1) is 18.3 Å². The van der Waals surface area contributed by atoms with Gasteiger partial charge in [0.2, 0.25) is 0 Å². The minimum absolute atomic E-state index is 0.491. The van der Waals surface area contributed by atoms with E-state index in [2.05, 4.69) is 58.7 Å². The smallest absolute Gasteiger partial charge is 0.0545 e. The first-order chi connectivity index (χ1) is 8.44. The molecule has 1 atom stereocenters. The lowest BCUT2D eigenvalue weighted by Crippen LogP contribution is -2.24. The lowest BCUT2D eigenvalue weighted by molar-refractivity contribution is 0.232. The van der Waals surface area contributed by atoms with Crippen LogP contribution in [0.3, 0.4) is 0 Å². The summed E-state index contributed by atoms with van der Waals surface area (Å²) >= 11 is 9.63. The van der Waals surface area contributed by atoms with Crippen LogP contribution >= 0.6 is 43.2 Å². The predicted octanol–water partition coefficient (Wildman–Crippen LogP) is 6.86. The fourth-order valence-corrected chi connectivity index (χ4v) is 6.10. The monoisotopic (exact) mass is 392 g/mol. The molecule has 0 N–H and O–H groups in total. The van der Waals surface area contributed by atoms with Crippen LogP contribution in [-0.4, -0.2) is 0 Å². The molecule has 18 heavy (non-hydrogen) atoms. The molecule has 1 aromatic heterocycles. The van der Waals surface area contributed by atoms with Gasteiger partial charge in [0.05, 0.1) is 4.83 Å². The zero-order valence-electron chi connectivity index (χ0n) is 11.4. The van der Waals surface area contributed by atoms with Gasteiger partial charge in [0.1, 0.15) is 0 Å². The van der Waals surface area contributed by atoms with Crippen molar-refractivity contribution < 1.29 is 0 Å².